The van der Waals surface area contributed by atoms with Crippen LogP contribution in [0.3, 0.4) is 0 Å². The fraction of sp³-hybridized carbons (Fsp3) is 0. The Morgan fingerprint density at radius 2 is 2.11 bits per heavy atom. The van der Waals surface area contributed by atoms with Gasteiger partial charge in [0.2, 0.25) is 0 Å². The summed E-state index contributed by atoms with van der Waals surface area (Å²) >= 11 is 0. The first-order valence-electron chi connectivity index (χ1n) is 4.69. The Hall–Kier alpha value is -2.97. The fourth-order valence-electron chi connectivity index (χ4n) is 1.21. The molecule has 0 radical (unpaired) electrons. The number of aromatic carboxylic acids is 1. The van der Waals surface area contributed by atoms with Crippen LogP contribution in [-0.2, 0) is 0 Å². The van der Waals surface area contributed by atoms with Gasteiger partial charge in [0.05, 0.1) is 11.3 Å². The molecule has 1 heterocycles. The van der Waals surface area contributed by atoms with Crippen molar-refractivity contribution in [1.29, 1.82) is 0 Å². The van der Waals surface area contributed by atoms with Crippen LogP contribution >= 0.6 is 0 Å². The molecule has 0 aliphatic heterocycles. The minimum atomic E-state index is -1.18. The number of nitrogens with one attached hydrogen (secondary N) is 2. The molecule has 18 heavy (non-hydrogen) atoms. The van der Waals surface area contributed by atoms with E-state index >= 15 is 0 Å². The minimum absolute atomic E-state index is 0.0512. The van der Waals surface area contributed by atoms with Gasteiger partial charge in [-0.15, -0.1) is 10.2 Å². The second-order valence-electron chi connectivity index (χ2n) is 3.23. The number of aromatic nitrogens is 4. The summed E-state index contributed by atoms with van der Waals surface area (Å²) in [6.45, 7) is 0. The molecule has 0 bridgehead atoms. The molecule has 1 aromatic heterocycles. The van der Waals surface area contributed by atoms with Crippen LogP contribution in [-0.4, -0.2) is 42.7 Å². The second-order valence-corrected chi connectivity index (χ2v) is 3.23. The van der Waals surface area contributed by atoms with Gasteiger partial charge in [-0.2, -0.15) is 5.21 Å². The van der Waals surface area contributed by atoms with Gasteiger partial charge >= 0.3 is 5.97 Å². The van der Waals surface area contributed by atoms with E-state index in [1.807, 2.05) is 0 Å². The Kier molecular flexibility index (Phi) is 2.87. The number of H-pyrrole nitrogens is 1. The second kappa shape index (κ2) is 4.49. The SMILES string of the molecule is O=C(O)c1ccc(O)c(NC(=O)c2nn[nH]n2)c1. The zero-order valence-electron chi connectivity index (χ0n) is 8.78. The van der Waals surface area contributed by atoms with Crippen LogP contribution < -0.4 is 5.32 Å². The molecule has 0 unspecified atom stereocenters. The van der Waals surface area contributed by atoms with Crippen molar-refractivity contribution >= 4 is 17.6 Å². The van der Waals surface area contributed by atoms with E-state index in [1.54, 1.807) is 0 Å². The molecule has 0 aliphatic rings. The maximum atomic E-state index is 11.6. The van der Waals surface area contributed by atoms with Crippen molar-refractivity contribution in [1.82, 2.24) is 20.6 Å². The minimum Gasteiger partial charge on any atom is -0.506 e. The molecule has 0 saturated heterocycles. The molecule has 1 aromatic carbocycles. The monoisotopic (exact) mass is 249 g/mol. The molecule has 9 heteroatoms. The number of rotatable bonds is 3. The highest BCUT2D eigenvalue weighted by Crippen LogP contribution is 2.24. The number of nitrogens with zero attached hydrogens (tertiary/aromatic N) is 3. The number of anilines is 1. The van der Waals surface area contributed by atoms with Gasteiger partial charge in [-0.3, -0.25) is 4.79 Å². The van der Waals surface area contributed by atoms with Gasteiger partial charge < -0.3 is 15.5 Å². The van der Waals surface area contributed by atoms with Gasteiger partial charge in [-0.1, -0.05) is 0 Å². The van der Waals surface area contributed by atoms with Crippen molar-refractivity contribution in [2.45, 2.75) is 0 Å². The number of carbonyl (C=O) groups excluding carboxylic acids is 1. The molecule has 4 N–H and O–H groups in total. The lowest BCUT2D eigenvalue weighted by atomic mass is 10.2. The highest BCUT2D eigenvalue weighted by atomic mass is 16.4. The van der Waals surface area contributed by atoms with E-state index in [-0.39, 0.29) is 22.8 Å². The van der Waals surface area contributed by atoms with Crippen LogP contribution in [0.5, 0.6) is 5.75 Å². The maximum Gasteiger partial charge on any atom is 0.335 e. The number of tetrazole rings is 1. The lowest BCUT2D eigenvalue weighted by molar-refractivity contribution is 0.0696. The summed E-state index contributed by atoms with van der Waals surface area (Å²) in [4.78, 5) is 22.3. The first-order chi connectivity index (χ1) is 8.58. The van der Waals surface area contributed by atoms with Crippen molar-refractivity contribution in [3.05, 3.63) is 29.6 Å². The maximum absolute atomic E-state index is 11.6. The largest absolute Gasteiger partial charge is 0.506 e. The molecule has 92 valence electrons. The first-order valence-corrected chi connectivity index (χ1v) is 4.69. The van der Waals surface area contributed by atoms with E-state index in [9.17, 15) is 14.7 Å². The molecule has 0 aliphatic carbocycles. The predicted molar refractivity (Wildman–Crippen MR) is 57.2 cm³/mol. The number of benzene rings is 1. The summed E-state index contributed by atoms with van der Waals surface area (Å²) in [6, 6.07) is 3.49. The summed E-state index contributed by atoms with van der Waals surface area (Å²) in [7, 11) is 0. The molecule has 0 saturated carbocycles. The number of aromatic hydroxyl groups is 1. The molecule has 9 nitrogen and oxygen atoms in total. The smallest absolute Gasteiger partial charge is 0.335 e. The Balaban J connectivity index is 2.26. The molecule has 1 amide bonds. The lowest BCUT2D eigenvalue weighted by Gasteiger charge is -2.06. The van der Waals surface area contributed by atoms with E-state index in [2.05, 4.69) is 25.9 Å². The quantitative estimate of drug-likeness (QED) is 0.554. The van der Waals surface area contributed by atoms with Crippen molar-refractivity contribution in [2.75, 3.05) is 5.32 Å². The van der Waals surface area contributed by atoms with Gasteiger partial charge in [0.15, 0.2) is 0 Å². The third-order valence-corrected chi connectivity index (χ3v) is 2.04. The molecular formula is C9H7N5O4. The van der Waals surface area contributed by atoms with Gasteiger partial charge in [-0.05, 0) is 23.4 Å². The van der Waals surface area contributed by atoms with Crippen LogP contribution in [0.4, 0.5) is 5.69 Å². The Morgan fingerprint density at radius 3 is 2.72 bits per heavy atom. The van der Waals surface area contributed by atoms with Gasteiger partial charge in [-0.25, -0.2) is 4.79 Å². The number of aromatic amines is 1. The molecule has 2 aromatic rings. The van der Waals surface area contributed by atoms with Gasteiger partial charge in [0, 0.05) is 0 Å². The Bertz CT molecular complexity index is 595. The topological polar surface area (TPSA) is 141 Å². The molecule has 0 fully saturated rings. The van der Waals surface area contributed by atoms with Crippen LogP contribution in [0.25, 0.3) is 0 Å². The van der Waals surface area contributed by atoms with Gasteiger partial charge in [0.25, 0.3) is 11.7 Å². The number of hydrogen-bond acceptors (Lipinski definition) is 6. The zero-order chi connectivity index (χ0) is 13.1. The average molecular weight is 249 g/mol. The number of carbonyl (C=O) groups is 2. The standard InChI is InChI=1S/C9H7N5O4/c15-6-2-1-4(9(17)18)3-5(6)10-8(16)7-11-13-14-12-7/h1-3,15H,(H,10,16)(H,17,18)(H,11,12,13,14). The third-order valence-electron chi connectivity index (χ3n) is 2.04. The fourth-order valence-corrected chi connectivity index (χ4v) is 1.21. The number of carboxylic acids is 1. The number of phenols is 1. The number of hydrogen-bond donors (Lipinski definition) is 4. The molecule has 2 rings (SSSR count). The summed E-state index contributed by atoms with van der Waals surface area (Å²) in [6.07, 6.45) is 0. The van der Waals surface area contributed by atoms with Crippen molar-refractivity contribution < 1.29 is 19.8 Å². The molecule has 0 spiro atoms. The predicted octanol–water partition coefficient (Wildman–Crippen LogP) is -0.144. The molecular weight excluding hydrogens is 242 g/mol. The average Bonchev–Trinajstić information content (AvgIpc) is 2.85. The van der Waals surface area contributed by atoms with E-state index in [0.717, 1.165) is 12.1 Å². The highest BCUT2D eigenvalue weighted by molar-refractivity contribution is 6.03. The number of carboxylic acid groups (broad SMARTS) is 1. The van der Waals surface area contributed by atoms with Crippen LogP contribution in [0.1, 0.15) is 21.0 Å². The van der Waals surface area contributed by atoms with Crippen LogP contribution in [0.15, 0.2) is 18.2 Å². The first kappa shape index (κ1) is 11.5. The lowest BCUT2D eigenvalue weighted by Crippen LogP contribution is -2.14. The Morgan fingerprint density at radius 1 is 1.33 bits per heavy atom. The van der Waals surface area contributed by atoms with E-state index in [4.69, 9.17) is 5.11 Å². The van der Waals surface area contributed by atoms with Crippen molar-refractivity contribution in [3.8, 4) is 5.75 Å². The van der Waals surface area contributed by atoms with E-state index in [0.29, 0.717) is 0 Å². The summed E-state index contributed by atoms with van der Waals surface area (Å²) in [5, 5.41) is 32.7. The van der Waals surface area contributed by atoms with Crippen LogP contribution in [0.2, 0.25) is 0 Å². The normalized spacial score (nSPS) is 10.0. The summed E-state index contributed by atoms with van der Waals surface area (Å²) in [5.41, 5.74) is -0.124. The Labute approximate surface area is 99.5 Å². The van der Waals surface area contributed by atoms with Gasteiger partial charge in [0.1, 0.15) is 5.75 Å². The zero-order valence-corrected chi connectivity index (χ0v) is 8.78. The summed E-state index contributed by atoms with van der Waals surface area (Å²) in [5.74, 6) is -2.39. The van der Waals surface area contributed by atoms with E-state index < -0.39 is 11.9 Å². The van der Waals surface area contributed by atoms with Crippen molar-refractivity contribution in [2.24, 2.45) is 0 Å². The highest BCUT2D eigenvalue weighted by Gasteiger charge is 2.14. The van der Waals surface area contributed by atoms with Crippen LogP contribution in [0, 0.1) is 0 Å². The summed E-state index contributed by atoms with van der Waals surface area (Å²) < 4.78 is 0. The van der Waals surface area contributed by atoms with Crippen molar-refractivity contribution in [3.63, 3.8) is 0 Å². The van der Waals surface area contributed by atoms with E-state index in [1.165, 1.54) is 6.07 Å². The number of phenolic OH excluding ortho intramolecular Hbond substituents is 1. The third kappa shape index (κ3) is 2.24. The molecule has 0 atom stereocenters. The number of amides is 1.